The lowest BCUT2D eigenvalue weighted by atomic mass is 10.0. The number of hydrogen-bond acceptors (Lipinski definition) is 4. The largest absolute Gasteiger partial charge is 0.488 e. The molecule has 2 aliphatic heterocycles. The number of aryl methyl sites for hydroxylation is 1. The first-order valence-corrected chi connectivity index (χ1v) is 12.2. The van der Waals surface area contributed by atoms with Crippen LogP contribution >= 0.6 is 24.0 Å². The molecular weight excluding hydrogens is 515 g/mol. The van der Waals surface area contributed by atoms with Gasteiger partial charge in [-0.3, -0.25) is 0 Å². The first-order valence-electron chi connectivity index (χ1n) is 12.2. The van der Waals surface area contributed by atoms with Gasteiger partial charge < -0.3 is 25.0 Å². The molecule has 7 heteroatoms. The molecule has 2 fully saturated rings. The molecule has 6 nitrogen and oxygen atoms in total. The number of ether oxygens (including phenoxy) is 2. The van der Waals surface area contributed by atoms with E-state index in [-0.39, 0.29) is 30.1 Å². The van der Waals surface area contributed by atoms with Gasteiger partial charge in [-0.05, 0) is 70.2 Å². The molecule has 32 heavy (non-hydrogen) atoms. The van der Waals surface area contributed by atoms with Gasteiger partial charge in [-0.25, -0.2) is 4.99 Å². The number of unbranched alkanes of at least 4 members (excludes halogenated alkanes) is 1. The summed E-state index contributed by atoms with van der Waals surface area (Å²) in [5, 5.41) is 6.87. The number of nitrogens with zero attached hydrogens (tertiary/aromatic N) is 2. The van der Waals surface area contributed by atoms with Crippen LogP contribution in [0.3, 0.4) is 0 Å². The zero-order valence-corrected chi connectivity index (χ0v) is 22.5. The molecule has 0 aromatic heterocycles. The summed E-state index contributed by atoms with van der Waals surface area (Å²) in [6, 6.07) is 6.38. The fourth-order valence-corrected chi connectivity index (χ4v) is 4.35. The fourth-order valence-electron chi connectivity index (χ4n) is 4.35. The molecular formula is C25H43IN4O2. The molecule has 0 spiro atoms. The number of guanidine groups is 1. The van der Waals surface area contributed by atoms with Crippen molar-refractivity contribution in [3.8, 4) is 5.75 Å². The van der Waals surface area contributed by atoms with Gasteiger partial charge in [0.25, 0.3) is 0 Å². The number of piperidine rings is 1. The summed E-state index contributed by atoms with van der Waals surface area (Å²) in [7, 11) is 0. The number of rotatable bonds is 10. The van der Waals surface area contributed by atoms with E-state index in [9.17, 15) is 0 Å². The van der Waals surface area contributed by atoms with Crippen molar-refractivity contribution in [3.05, 3.63) is 29.3 Å². The Hall–Kier alpha value is -1.06. The minimum absolute atomic E-state index is 0. The maximum absolute atomic E-state index is 6.22. The van der Waals surface area contributed by atoms with E-state index in [1.54, 1.807) is 0 Å². The van der Waals surface area contributed by atoms with Gasteiger partial charge in [0.2, 0.25) is 0 Å². The van der Waals surface area contributed by atoms with E-state index >= 15 is 0 Å². The lowest BCUT2D eigenvalue weighted by Crippen LogP contribution is -2.38. The smallest absolute Gasteiger partial charge is 0.191 e. The minimum atomic E-state index is 0. The predicted molar refractivity (Wildman–Crippen MR) is 143 cm³/mol. The van der Waals surface area contributed by atoms with Crippen LogP contribution in [0.5, 0.6) is 5.75 Å². The third-order valence-electron chi connectivity index (χ3n) is 6.09. The standard InChI is InChI=1S/C25H42N4O2.HI/c1-4-26-25(27-12-5-6-13-29-14-7-8-21(3)18-29)28-17-22-10-9-20(2)16-24(22)31-23-11-15-30-19-23;/h9-10,16,21,23H,4-8,11-15,17-19H2,1-3H3,(H2,26,27,28);1H. The van der Waals surface area contributed by atoms with Crippen molar-refractivity contribution in [1.82, 2.24) is 15.5 Å². The topological polar surface area (TPSA) is 58.1 Å². The summed E-state index contributed by atoms with van der Waals surface area (Å²) in [5.74, 6) is 2.67. The van der Waals surface area contributed by atoms with Crippen LogP contribution < -0.4 is 15.4 Å². The summed E-state index contributed by atoms with van der Waals surface area (Å²) >= 11 is 0. The number of benzene rings is 1. The van der Waals surface area contributed by atoms with Crippen molar-refractivity contribution < 1.29 is 9.47 Å². The average molecular weight is 559 g/mol. The summed E-state index contributed by atoms with van der Waals surface area (Å²) in [6.07, 6.45) is 6.25. The van der Waals surface area contributed by atoms with Gasteiger partial charge in [-0.15, -0.1) is 24.0 Å². The third-order valence-corrected chi connectivity index (χ3v) is 6.09. The molecule has 0 amide bonds. The summed E-state index contributed by atoms with van der Waals surface area (Å²) < 4.78 is 11.7. The van der Waals surface area contributed by atoms with Crippen molar-refractivity contribution in [3.63, 3.8) is 0 Å². The van der Waals surface area contributed by atoms with Crippen LogP contribution in [0.1, 0.15) is 57.1 Å². The van der Waals surface area contributed by atoms with E-state index in [1.807, 2.05) is 0 Å². The Labute approximate surface area is 211 Å². The Bertz CT molecular complexity index is 695. The zero-order chi connectivity index (χ0) is 21.9. The molecule has 3 rings (SSSR count). The van der Waals surface area contributed by atoms with Gasteiger partial charge in [0.15, 0.2) is 5.96 Å². The Morgan fingerprint density at radius 2 is 2.12 bits per heavy atom. The van der Waals surface area contributed by atoms with E-state index in [4.69, 9.17) is 14.5 Å². The van der Waals surface area contributed by atoms with E-state index in [2.05, 4.69) is 54.5 Å². The molecule has 1 aromatic rings. The van der Waals surface area contributed by atoms with Gasteiger partial charge in [-0.1, -0.05) is 19.1 Å². The summed E-state index contributed by atoms with van der Waals surface area (Å²) in [4.78, 5) is 7.45. The number of aliphatic imine (C=N–C) groups is 1. The monoisotopic (exact) mass is 558 g/mol. The zero-order valence-electron chi connectivity index (χ0n) is 20.2. The Kier molecular flexibility index (Phi) is 12.7. The number of nitrogens with one attached hydrogen (secondary N) is 2. The molecule has 2 unspecified atom stereocenters. The second-order valence-corrected chi connectivity index (χ2v) is 9.09. The van der Waals surface area contributed by atoms with Crippen molar-refractivity contribution in [2.45, 2.75) is 65.5 Å². The Morgan fingerprint density at radius 1 is 1.25 bits per heavy atom. The average Bonchev–Trinajstić information content (AvgIpc) is 3.26. The molecule has 0 saturated carbocycles. The van der Waals surface area contributed by atoms with Gasteiger partial charge in [-0.2, -0.15) is 0 Å². The van der Waals surface area contributed by atoms with Crippen LogP contribution in [0, 0.1) is 12.8 Å². The molecule has 0 radical (unpaired) electrons. The Balaban J connectivity index is 0.00000363. The molecule has 182 valence electrons. The highest BCUT2D eigenvalue weighted by Gasteiger charge is 2.19. The number of likely N-dealkylation sites (tertiary alicyclic amines) is 1. The van der Waals surface area contributed by atoms with Crippen LogP contribution in [-0.2, 0) is 11.3 Å². The summed E-state index contributed by atoms with van der Waals surface area (Å²) in [6.45, 7) is 14.2. The molecule has 2 saturated heterocycles. The van der Waals surface area contributed by atoms with Crippen LogP contribution in [0.15, 0.2) is 23.2 Å². The lowest BCUT2D eigenvalue weighted by molar-refractivity contribution is 0.140. The van der Waals surface area contributed by atoms with E-state index in [1.165, 1.54) is 44.5 Å². The number of halogens is 1. The summed E-state index contributed by atoms with van der Waals surface area (Å²) in [5.41, 5.74) is 2.32. The van der Waals surface area contributed by atoms with Crippen LogP contribution in [-0.4, -0.2) is 62.9 Å². The van der Waals surface area contributed by atoms with Crippen LogP contribution in [0.4, 0.5) is 0 Å². The highest BCUT2D eigenvalue weighted by atomic mass is 127. The van der Waals surface area contributed by atoms with Crippen molar-refractivity contribution in [1.29, 1.82) is 0 Å². The first-order chi connectivity index (χ1) is 15.1. The Morgan fingerprint density at radius 3 is 2.88 bits per heavy atom. The molecule has 0 bridgehead atoms. The van der Waals surface area contributed by atoms with Crippen molar-refractivity contribution in [2.24, 2.45) is 10.9 Å². The van der Waals surface area contributed by atoms with Crippen LogP contribution in [0.2, 0.25) is 0 Å². The fraction of sp³-hybridized carbons (Fsp3) is 0.720. The second kappa shape index (κ2) is 15.0. The molecule has 0 aliphatic carbocycles. The highest BCUT2D eigenvalue weighted by Crippen LogP contribution is 2.24. The maximum Gasteiger partial charge on any atom is 0.191 e. The van der Waals surface area contributed by atoms with E-state index < -0.39 is 0 Å². The second-order valence-electron chi connectivity index (χ2n) is 9.09. The van der Waals surface area contributed by atoms with Crippen molar-refractivity contribution >= 4 is 29.9 Å². The molecule has 2 atom stereocenters. The third kappa shape index (κ3) is 9.43. The van der Waals surface area contributed by atoms with Crippen LogP contribution in [0.25, 0.3) is 0 Å². The SMILES string of the molecule is CCNC(=NCc1ccc(C)cc1OC1CCOC1)NCCCCN1CCCC(C)C1.I. The predicted octanol–water partition coefficient (Wildman–Crippen LogP) is 4.35. The molecule has 2 N–H and O–H groups in total. The number of hydrogen-bond donors (Lipinski definition) is 2. The van der Waals surface area contributed by atoms with Gasteiger partial charge in [0, 0.05) is 31.6 Å². The van der Waals surface area contributed by atoms with E-state index in [0.717, 1.165) is 55.7 Å². The maximum atomic E-state index is 6.22. The van der Waals surface area contributed by atoms with Gasteiger partial charge in [0.1, 0.15) is 11.9 Å². The van der Waals surface area contributed by atoms with Gasteiger partial charge in [0.05, 0.1) is 19.8 Å². The van der Waals surface area contributed by atoms with E-state index in [0.29, 0.717) is 13.2 Å². The first kappa shape index (κ1) is 27.2. The molecule has 1 aromatic carbocycles. The van der Waals surface area contributed by atoms with Gasteiger partial charge >= 0.3 is 0 Å². The lowest BCUT2D eigenvalue weighted by Gasteiger charge is -2.30. The quantitative estimate of drug-likeness (QED) is 0.194. The normalized spacial score (nSPS) is 21.8. The van der Waals surface area contributed by atoms with Crippen molar-refractivity contribution in [2.75, 3.05) is 45.9 Å². The molecule has 2 aliphatic rings. The molecule has 2 heterocycles. The minimum Gasteiger partial charge on any atom is -0.488 e. The highest BCUT2D eigenvalue weighted by molar-refractivity contribution is 14.0.